The third kappa shape index (κ3) is 6.46. The Labute approximate surface area is 195 Å². The van der Waals surface area contributed by atoms with E-state index in [1.165, 1.54) is 29.5 Å². The smallest absolute Gasteiger partial charge is 0.406 e. The molecule has 2 fully saturated rings. The van der Waals surface area contributed by atoms with Crippen LogP contribution in [-0.4, -0.2) is 61.5 Å². The first kappa shape index (κ1) is 25.0. The molecule has 4 rings (SSSR count). The molecular formula is C21H27ClF3N3O3S. The SMILES string of the molecule is Cl.O=C(C1CCCCC1)N(CCN1CCOCC1)c1nc2ccc(OC(F)(F)F)cc2s1. The van der Waals surface area contributed by atoms with Crippen LogP contribution in [0.2, 0.25) is 0 Å². The number of carbonyl (C=O) groups excluding carboxylic acids is 1. The number of benzene rings is 1. The number of alkyl halides is 3. The van der Waals surface area contributed by atoms with Crippen molar-refractivity contribution in [3.05, 3.63) is 18.2 Å². The number of nitrogens with zero attached hydrogens (tertiary/aromatic N) is 3. The fourth-order valence-corrected chi connectivity index (χ4v) is 5.17. The van der Waals surface area contributed by atoms with Crippen LogP contribution in [0.1, 0.15) is 32.1 Å². The molecule has 0 N–H and O–H groups in total. The Balaban J connectivity index is 0.00000289. The highest BCUT2D eigenvalue weighted by Gasteiger charge is 2.32. The van der Waals surface area contributed by atoms with E-state index in [9.17, 15) is 18.0 Å². The van der Waals surface area contributed by atoms with Gasteiger partial charge in [0.2, 0.25) is 5.91 Å². The average molecular weight is 494 g/mol. The molecule has 2 aliphatic rings. The molecule has 0 unspecified atom stereocenters. The van der Waals surface area contributed by atoms with Gasteiger partial charge >= 0.3 is 6.36 Å². The van der Waals surface area contributed by atoms with Gasteiger partial charge < -0.3 is 9.47 Å². The molecule has 2 aromatic rings. The predicted octanol–water partition coefficient (Wildman–Crippen LogP) is 4.86. The molecule has 0 atom stereocenters. The van der Waals surface area contributed by atoms with E-state index in [2.05, 4.69) is 14.6 Å². The topological polar surface area (TPSA) is 54.9 Å². The molecule has 1 amide bonds. The summed E-state index contributed by atoms with van der Waals surface area (Å²) in [5, 5.41) is 0.531. The minimum absolute atomic E-state index is 0. The number of thiazole rings is 1. The van der Waals surface area contributed by atoms with E-state index in [1.807, 2.05) is 0 Å². The van der Waals surface area contributed by atoms with E-state index < -0.39 is 6.36 Å². The number of aromatic nitrogens is 1. The molecule has 1 saturated carbocycles. The summed E-state index contributed by atoms with van der Waals surface area (Å²) in [4.78, 5) is 21.9. The summed E-state index contributed by atoms with van der Waals surface area (Å²) in [6, 6.07) is 4.08. The van der Waals surface area contributed by atoms with Gasteiger partial charge in [0, 0.05) is 38.2 Å². The summed E-state index contributed by atoms with van der Waals surface area (Å²) < 4.78 is 47.7. The molecule has 2 heterocycles. The van der Waals surface area contributed by atoms with Gasteiger partial charge in [0.05, 0.1) is 23.4 Å². The number of anilines is 1. The quantitative estimate of drug-likeness (QED) is 0.575. The molecule has 0 bridgehead atoms. The summed E-state index contributed by atoms with van der Waals surface area (Å²) in [7, 11) is 0. The Hall–Kier alpha value is -1.62. The van der Waals surface area contributed by atoms with Crippen LogP contribution in [0.3, 0.4) is 0 Å². The Morgan fingerprint density at radius 2 is 1.94 bits per heavy atom. The third-order valence-corrected chi connectivity index (χ3v) is 6.82. The van der Waals surface area contributed by atoms with E-state index in [0.29, 0.717) is 41.7 Å². The molecule has 11 heteroatoms. The number of ether oxygens (including phenoxy) is 2. The van der Waals surface area contributed by atoms with Crippen LogP contribution in [0.15, 0.2) is 18.2 Å². The average Bonchev–Trinajstić information content (AvgIpc) is 3.17. The molecule has 32 heavy (non-hydrogen) atoms. The van der Waals surface area contributed by atoms with Crippen molar-refractivity contribution in [1.82, 2.24) is 9.88 Å². The number of amides is 1. The second kappa shape index (κ2) is 11.0. The molecule has 0 radical (unpaired) electrons. The number of carbonyl (C=O) groups is 1. The van der Waals surface area contributed by atoms with E-state index >= 15 is 0 Å². The summed E-state index contributed by atoms with van der Waals surface area (Å²) in [6.07, 6.45) is 0.253. The molecule has 1 aromatic heterocycles. The van der Waals surface area contributed by atoms with Crippen molar-refractivity contribution in [2.75, 3.05) is 44.3 Å². The minimum Gasteiger partial charge on any atom is -0.406 e. The minimum atomic E-state index is -4.75. The van der Waals surface area contributed by atoms with Crippen molar-refractivity contribution in [2.45, 2.75) is 38.5 Å². The molecule has 6 nitrogen and oxygen atoms in total. The van der Waals surface area contributed by atoms with E-state index in [1.54, 1.807) is 4.90 Å². The first-order valence-electron chi connectivity index (χ1n) is 10.7. The van der Waals surface area contributed by atoms with Crippen LogP contribution in [0.25, 0.3) is 10.2 Å². The van der Waals surface area contributed by atoms with Gasteiger partial charge in [-0.3, -0.25) is 14.6 Å². The highest BCUT2D eigenvalue weighted by atomic mass is 35.5. The van der Waals surface area contributed by atoms with Crippen molar-refractivity contribution in [3.8, 4) is 5.75 Å². The summed E-state index contributed by atoms with van der Waals surface area (Å²) in [6.45, 7) is 4.22. The summed E-state index contributed by atoms with van der Waals surface area (Å²) in [5.74, 6) is -0.234. The van der Waals surface area contributed by atoms with E-state index in [-0.39, 0.29) is 30.0 Å². The Morgan fingerprint density at radius 1 is 1.22 bits per heavy atom. The molecule has 1 aliphatic heterocycles. The van der Waals surface area contributed by atoms with Crippen molar-refractivity contribution in [2.24, 2.45) is 5.92 Å². The fraction of sp³-hybridized carbons (Fsp3) is 0.619. The molecule has 178 valence electrons. The van der Waals surface area contributed by atoms with E-state index in [0.717, 1.165) is 45.2 Å². The number of hydrogen-bond donors (Lipinski definition) is 0. The lowest BCUT2D eigenvalue weighted by Crippen LogP contribution is -2.45. The number of morpholine rings is 1. The Bertz CT molecular complexity index is 899. The van der Waals surface area contributed by atoms with Gasteiger partial charge in [-0.05, 0) is 25.0 Å². The second-order valence-electron chi connectivity index (χ2n) is 7.95. The number of rotatable bonds is 6. The van der Waals surface area contributed by atoms with Gasteiger partial charge in [-0.1, -0.05) is 30.6 Å². The van der Waals surface area contributed by atoms with Crippen LogP contribution in [0.4, 0.5) is 18.3 Å². The van der Waals surface area contributed by atoms with Crippen molar-refractivity contribution >= 4 is 45.0 Å². The van der Waals surface area contributed by atoms with Gasteiger partial charge in [0.1, 0.15) is 5.75 Å². The number of hydrogen-bond acceptors (Lipinski definition) is 6. The highest BCUT2D eigenvalue weighted by molar-refractivity contribution is 7.22. The zero-order valence-electron chi connectivity index (χ0n) is 17.6. The predicted molar refractivity (Wildman–Crippen MR) is 120 cm³/mol. The molecule has 1 saturated heterocycles. The van der Waals surface area contributed by atoms with Crippen LogP contribution < -0.4 is 9.64 Å². The third-order valence-electron chi connectivity index (χ3n) is 5.78. The van der Waals surface area contributed by atoms with Crippen LogP contribution in [0, 0.1) is 5.92 Å². The molecule has 0 spiro atoms. The lowest BCUT2D eigenvalue weighted by atomic mass is 9.88. The lowest BCUT2D eigenvalue weighted by Gasteiger charge is -2.31. The van der Waals surface area contributed by atoms with Gasteiger partial charge in [0.15, 0.2) is 5.13 Å². The first-order valence-corrected chi connectivity index (χ1v) is 11.5. The zero-order valence-corrected chi connectivity index (χ0v) is 19.2. The van der Waals surface area contributed by atoms with Gasteiger partial charge in [0.25, 0.3) is 0 Å². The maximum Gasteiger partial charge on any atom is 0.573 e. The lowest BCUT2D eigenvalue weighted by molar-refractivity contribution is -0.274. The highest BCUT2D eigenvalue weighted by Crippen LogP contribution is 2.35. The Kier molecular flexibility index (Phi) is 8.60. The molecular weight excluding hydrogens is 467 g/mol. The maximum atomic E-state index is 13.4. The van der Waals surface area contributed by atoms with Crippen molar-refractivity contribution < 1.29 is 27.4 Å². The summed E-state index contributed by atoms with van der Waals surface area (Å²) >= 11 is 1.23. The largest absolute Gasteiger partial charge is 0.573 e. The fourth-order valence-electron chi connectivity index (χ4n) is 4.14. The van der Waals surface area contributed by atoms with Crippen molar-refractivity contribution in [3.63, 3.8) is 0 Å². The number of fused-ring (bicyclic) bond motifs is 1. The molecule has 1 aliphatic carbocycles. The van der Waals surface area contributed by atoms with Crippen LogP contribution in [0.5, 0.6) is 5.75 Å². The van der Waals surface area contributed by atoms with Crippen LogP contribution >= 0.6 is 23.7 Å². The first-order chi connectivity index (χ1) is 14.9. The van der Waals surface area contributed by atoms with Gasteiger partial charge in [-0.15, -0.1) is 25.6 Å². The Morgan fingerprint density at radius 3 is 2.62 bits per heavy atom. The van der Waals surface area contributed by atoms with Gasteiger partial charge in [-0.2, -0.15) is 0 Å². The van der Waals surface area contributed by atoms with Crippen LogP contribution in [-0.2, 0) is 9.53 Å². The van der Waals surface area contributed by atoms with E-state index in [4.69, 9.17) is 4.74 Å². The van der Waals surface area contributed by atoms with Crippen molar-refractivity contribution in [1.29, 1.82) is 0 Å². The maximum absolute atomic E-state index is 13.4. The summed E-state index contributed by atoms with van der Waals surface area (Å²) in [5.41, 5.74) is 0.558. The monoisotopic (exact) mass is 493 g/mol. The normalized spacial score (nSPS) is 18.3. The van der Waals surface area contributed by atoms with Gasteiger partial charge in [-0.25, -0.2) is 4.98 Å². The molecule has 1 aromatic carbocycles. The zero-order chi connectivity index (χ0) is 21.8. The number of halogens is 4. The standard InChI is InChI=1S/C21H26F3N3O3S.ClH/c22-21(23,24)30-16-6-7-17-18(14-16)31-20(25-17)27(9-8-26-10-12-29-13-11-26)19(28)15-4-2-1-3-5-15;/h6-7,14-15H,1-5,8-13H2;1H. The second-order valence-corrected chi connectivity index (χ2v) is 8.96.